The number of nitriles is 1. The van der Waals surface area contributed by atoms with Crippen molar-refractivity contribution in [2.24, 2.45) is 0 Å². The van der Waals surface area contributed by atoms with Gasteiger partial charge in [0.05, 0.1) is 16.3 Å². The third-order valence-corrected chi connectivity index (χ3v) is 4.40. The lowest BCUT2D eigenvalue weighted by atomic mass is 10.1. The molecule has 2 aromatic carbocycles. The summed E-state index contributed by atoms with van der Waals surface area (Å²) < 4.78 is 14.2. The van der Waals surface area contributed by atoms with Gasteiger partial charge in [0.2, 0.25) is 0 Å². The lowest BCUT2D eigenvalue weighted by molar-refractivity contribution is 0.0746. The molecular formula is C18H15ClFN3O. The van der Waals surface area contributed by atoms with Crippen molar-refractivity contribution in [2.75, 3.05) is 31.1 Å². The third kappa shape index (κ3) is 3.19. The molecule has 1 amide bonds. The number of hydrogen-bond acceptors (Lipinski definition) is 3. The van der Waals surface area contributed by atoms with E-state index in [0.29, 0.717) is 37.4 Å². The van der Waals surface area contributed by atoms with Gasteiger partial charge < -0.3 is 9.80 Å². The summed E-state index contributed by atoms with van der Waals surface area (Å²) in [7, 11) is 0. The smallest absolute Gasteiger partial charge is 0.253 e. The Hall–Kier alpha value is -2.58. The van der Waals surface area contributed by atoms with Crippen LogP contribution >= 0.6 is 11.6 Å². The van der Waals surface area contributed by atoms with Gasteiger partial charge in [-0.25, -0.2) is 4.39 Å². The number of anilines is 1. The van der Waals surface area contributed by atoms with E-state index in [1.54, 1.807) is 17.0 Å². The number of rotatable bonds is 2. The maximum absolute atomic E-state index is 14.2. The van der Waals surface area contributed by atoms with Crippen molar-refractivity contribution in [1.29, 1.82) is 5.26 Å². The minimum absolute atomic E-state index is 0.0198. The molecule has 6 heteroatoms. The van der Waals surface area contributed by atoms with Crippen LogP contribution in [-0.4, -0.2) is 37.0 Å². The molecule has 1 heterocycles. The third-order valence-electron chi connectivity index (χ3n) is 4.09. The molecule has 0 aliphatic carbocycles. The van der Waals surface area contributed by atoms with Crippen molar-refractivity contribution in [2.45, 2.75) is 0 Å². The number of hydrogen-bond donors (Lipinski definition) is 0. The first-order valence-corrected chi connectivity index (χ1v) is 7.96. The minimum Gasteiger partial charge on any atom is -0.366 e. The van der Waals surface area contributed by atoms with Crippen LogP contribution < -0.4 is 4.90 Å². The highest BCUT2D eigenvalue weighted by atomic mass is 35.5. The second kappa shape index (κ2) is 6.90. The molecule has 0 N–H and O–H groups in total. The molecule has 0 bridgehead atoms. The Morgan fingerprint density at radius 2 is 1.79 bits per heavy atom. The van der Waals surface area contributed by atoms with E-state index in [2.05, 4.69) is 0 Å². The summed E-state index contributed by atoms with van der Waals surface area (Å²) in [5.41, 5.74) is 1.14. The summed E-state index contributed by atoms with van der Waals surface area (Å²) in [5, 5.41) is 9.12. The van der Waals surface area contributed by atoms with Crippen molar-refractivity contribution in [3.8, 4) is 6.07 Å². The first-order chi connectivity index (χ1) is 11.6. The molecule has 122 valence electrons. The maximum Gasteiger partial charge on any atom is 0.253 e. The van der Waals surface area contributed by atoms with E-state index in [0.717, 1.165) is 6.07 Å². The van der Waals surface area contributed by atoms with E-state index in [-0.39, 0.29) is 16.5 Å². The minimum atomic E-state index is -0.473. The molecular weight excluding hydrogens is 329 g/mol. The van der Waals surface area contributed by atoms with Gasteiger partial charge in [-0.3, -0.25) is 4.79 Å². The van der Waals surface area contributed by atoms with Crippen molar-refractivity contribution in [3.63, 3.8) is 0 Å². The molecule has 1 aliphatic rings. The molecule has 0 unspecified atom stereocenters. The van der Waals surface area contributed by atoms with Gasteiger partial charge in [0.15, 0.2) is 0 Å². The van der Waals surface area contributed by atoms with Crippen LogP contribution in [0.25, 0.3) is 0 Å². The predicted octanol–water partition coefficient (Wildman–Crippen LogP) is 3.31. The summed E-state index contributed by atoms with van der Waals surface area (Å²) in [6.45, 7) is 2.03. The zero-order valence-corrected chi connectivity index (χ0v) is 13.6. The van der Waals surface area contributed by atoms with Gasteiger partial charge in [-0.1, -0.05) is 29.8 Å². The molecule has 1 aliphatic heterocycles. The maximum atomic E-state index is 14.2. The molecule has 0 atom stereocenters. The lowest BCUT2D eigenvalue weighted by Crippen LogP contribution is -2.49. The molecule has 1 saturated heterocycles. The standard InChI is InChI=1S/C18H15ClFN3O/c19-15-11-17(16(20)10-14(15)12-21)22-6-8-23(9-7-22)18(24)13-4-2-1-3-5-13/h1-5,10-11H,6-9H2. The fourth-order valence-electron chi connectivity index (χ4n) is 2.78. The fraction of sp³-hybridized carbons (Fsp3) is 0.222. The number of piperazine rings is 1. The highest BCUT2D eigenvalue weighted by molar-refractivity contribution is 6.32. The lowest BCUT2D eigenvalue weighted by Gasteiger charge is -2.36. The van der Waals surface area contributed by atoms with Gasteiger partial charge in [0, 0.05) is 31.7 Å². The van der Waals surface area contributed by atoms with Crippen molar-refractivity contribution < 1.29 is 9.18 Å². The Labute approximate surface area is 144 Å². The van der Waals surface area contributed by atoms with Gasteiger partial charge >= 0.3 is 0 Å². The average Bonchev–Trinajstić information content (AvgIpc) is 2.63. The van der Waals surface area contributed by atoms with Crippen LogP contribution in [-0.2, 0) is 0 Å². The topological polar surface area (TPSA) is 47.3 Å². The SMILES string of the molecule is N#Cc1cc(F)c(N2CCN(C(=O)c3ccccc3)CC2)cc1Cl. The Kier molecular flexibility index (Phi) is 4.68. The van der Waals surface area contributed by atoms with Crippen LogP contribution in [0.15, 0.2) is 42.5 Å². The molecule has 2 aromatic rings. The van der Waals surface area contributed by atoms with Crippen LogP contribution in [0, 0.1) is 17.1 Å². The number of nitrogens with zero attached hydrogens (tertiary/aromatic N) is 3. The Balaban J connectivity index is 1.71. The van der Waals surface area contributed by atoms with Crippen molar-refractivity contribution in [3.05, 3.63) is 64.4 Å². The Morgan fingerprint density at radius 1 is 1.12 bits per heavy atom. The number of carbonyl (C=O) groups excluding carboxylic acids is 1. The average molecular weight is 344 g/mol. The summed E-state index contributed by atoms with van der Waals surface area (Å²) in [6, 6.07) is 13.6. The van der Waals surface area contributed by atoms with Gasteiger partial charge in [0.1, 0.15) is 11.9 Å². The summed E-state index contributed by atoms with van der Waals surface area (Å²) in [5.74, 6) is -0.493. The highest BCUT2D eigenvalue weighted by Gasteiger charge is 2.24. The second-order valence-electron chi connectivity index (χ2n) is 5.54. The van der Waals surface area contributed by atoms with E-state index in [9.17, 15) is 9.18 Å². The monoisotopic (exact) mass is 343 g/mol. The van der Waals surface area contributed by atoms with Crippen LogP contribution in [0.2, 0.25) is 5.02 Å². The molecule has 0 aromatic heterocycles. The van der Waals surface area contributed by atoms with Crippen molar-refractivity contribution >= 4 is 23.2 Å². The number of halogens is 2. The molecule has 3 rings (SSSR count). The normalized spacial score (nSPS) is 14.4. The number of carbonyl (C=O) groups is 1. The molecule has 0 saturated carbocycles. The van der Waals surface area contributed by atoms with E-state index in [1.807, 2.05) is 29.2 Å². The second-order valence-corrected chi connectivity index (χ2v) is 5.95. The summed E-state index contributed by atoms with van der Waals surface area (Å²) in [6.07, 6.45) is 0. The zero-order chi connectivity index (χ0) is 17.1. The first kappa shape index (κ1) is 16.3. The van der Waals surface area contributed by atoms with Gasteiger partial charge in [-0.2, -0.15) is 5.26 Å². The zero-order valence-electron chi connectivity index (χ0n) is 12.9. The van der Waals surface area contributed by atoms with Crippen LogP contribution in [0.5, 0.6) is 0 Å². The molecule has 0 radical (unpaired) electrons. The first-order valence-electron chi connectivity index (χ1n) is 7.58. The number of benzene rings is 2. The Bertz CT molecular complexity index is 796. The van der Waals surface area contributed by atoms with Crippen LogP contribution in [0.3, 0.4) is 0 Å². The van der Waals surface area contributed by atoms with E-state index >= 15 is 0 Å². The fourth-order valence-corrected chi connectivity index (χ4v) is 2.98. The Morgan fingerprint density at radius 3 is 2.42 bits per heavy atom. The van der Waals surface area contributed by atoms with E-state index in [1.165, 1.54) is 6.07 Å². The highest BCUT2D eigenvalue weighted by Crippen LogP contribution is 2.28. The van der Waals surface area contributed by atoms with Crippen LogP contribution in [0.4, 0.5) is 10.1 Å². The summed E-state index contributed by atoms with van der Waals surface area (Å²) in [4.78, 5) is 16.0. The van der Waals surface area contributed by atoms with Crippen molar-refractivity contribution in [1.82, 2.24) is 4.90 Å². The largest absolute Gasteiger partial charge is 0.366 e. The summed E-state index contributed by atoms with van der Waals surface area (Å²) >= 11 is 6.00. The molecule has 4 nitrogen and oxygen atoms in total. The van der Waals surface area contributed by atoms with E-state index in [4.69, 9.17) is 16.9 Å². The number of amides is 1. The van der Waals surface area contributed by atoms with E-state index < -0.39 is 5.82 Å². The molecule has 24 heavy (non-hydrogen) atoms. The molecule has 0 spiro atoms. The van der Waals surface area contributed by atoms with Gasteiger partial charge in [-0.05, 0) is 24.3 Å². The van der Waals surface area contributed by atoms with Crippen LogP contribution in [0.1, 0.15) is 15.9 Å². The predicted molar refractivity (Wildman–Crippen MR) is 90.7 cm³/mol. The quantitative estimate of drug-likeness (QED) is 0.840. The van der Waals surface area contributed by atoms with Gasteiger partial charge in [0.25, 0.3) is 5.91 Å². The van der Waals surface area contributed by atoms with Gasteiger partial charge in [-0.15, -0.1) is 0 Å². The molecule has 1 fully saturated rings.